The number of rotatable bonds is 5. The fraction of sp³-hybridized carbons (Fsp3) is 0.917. The zero-order valence-corrected chi connectivity index (χ0v) is 10.7. The van der Waals surface area contributed by atoms with Crippen LogP contribution in [0.5, 0.6) is 0 Å². The van der Waals surface area contributed by atoms with Gasteiger partial charge in [0.25, 0.3) is 0 Å². The van der Waals surface area contributed by atoms with E-state index in [-0.39, 0.29) is 12.5 Å². The summed E-state index contributed by atoms with van der Waals surface area (Å²) in [7, 11) is 1.44. The molecule has 1 amide bonds. The molecule has 18 heavy (non-hydrogen) atoms. The van der Waals surface area contributed by atoms with E-state index in [0.717, 1.165) is 32.4 Å². The fourth-order valence-corrected chi connectivity index (χ4v) is 2.11. The zero-order chi connectivity index (χ0) is 13.6. The van der Waals surface area contributed by atoms with Crippen LogP contribution in [0, 0.1) is 5.92 Å². The predicted molar refractivity (Wildman–Crippen MR) is 63.1 cm³/mol. The van der Waals surface area contributed by atoms with Gasteiger partial charge in [-0.3, -0.25) is 4.79 Å². The molecule has 1 fully saturated rings. The Kier molecular flexibility index (Phi) is 5.91. The van der Waals surface area contributed by atoms with E-state index in [9.17, 15) is 18.0 Å². The molecule has 3 nitrogen and oxygen atoms in total. The van der Waals surface area contributed by atoms with Crippen molar-refractivity contribution in [1.29, 1.82) is 0 Å². The second-order valence-electron chi connectivity index (χ2n) is 4.93. The third-order valence-electron chi connectivity index (χ3n) is 3.32. The SMILES string of the molecule is CN(CCC(F)(F)F)C(=O)CCC1CCCNC1. The molecule has 106 valence electrons. The van der Waals surface area contributed by atoms with Crippen molar-refractivity contribution in [3.05, 3.63) is 0 Å². The maximum absolute atomic E-state index is 12.0. The van der Waals surface area contributed by atoms with Crippen molar-refractivity contribution in [1.82, 2.24) is 10.2 Å². The van der Waals surface area contributed by atoms with E-state index in [1.165, 1.54) is 11.9 Å². The molecule has 1 heterocycles. The quantitative estimate of drug-likeness (QED) is 0.827. The van der Waals surface area contributed by atoms with Gasteiger partial charge in [0, 0.05) is 20.0 Å². The maximum atomic E-state index is 12.0. The first-order valence-corrected chi connectivity index (χ1v) is 6.40. The molecule has 0 radical (unpaired) electrons. The minimum atomic E-state index is -4.19. The normalized spacial score (nSPS) is 20.8. The molecule has 0 spiro atoms. The van der Waals surface area contributed by atoms with Crippen molar-refractivity contribution in [3.63, 3.8) is 0 Å². The van der Waals surface area contributed by atoms with Crippen LogP contribution in [0.4, 0.5) is 13.2 Å². The summed E-state index contributed by atoms with van der Waals surface area (Å²) < 4.78 is 36.0. The van der Waals surface area contributed by atoms with Gasteiger partial charge < -0.3 is 10.2 Å². The summed E-state index contributed by atoms with van der Waals surface area (Å²) >= 11 is 0. The molecule has 0 aliphatic carbocycles. The van der Waals surface area contributed by atoms with Crippen LogP contribution >= 0.6 is 0 Å². The lowest BCUT2D eigenvalue weighted by Gasteiger charge is -2.24. The zero-order valence-electron chi connectivity index (χ0n) is 10.7. The number of piperidine rings is 1. The van der Waals surface area contributed by atoms with E-state index in [0.29, 0.717) is 12.3 Å². The molecule has 1 atom stereocenters. The Balaban J connectivity index is 2.18. The number of hydrogen-bond donors (Lipinski definition) is 1. The lowest BCUT2D eigenvalue weighted by molar-refractivity contribution is -0.144. The first kappa shape index (κ1) is 15.3. The van der Waals surface area contributed by atoms with Gasteiger partial charge >= 0.3 is 6.18 Å². The molecule has 1 aliphatic heterocycles. The highest BCUT2D eigenvalue weighted by Gasteiger charge is 2.28. The highest BCUT2D eigenvalue weighted by molar-refractivity contribution is 5.75. The van der Waals surface area contributed by atoms with Crippen molar-refractivity contribution in [3.8, 4) is 0 Å². The monoisotopic (exact) mass is 266 g/mol. The Morgan fingerprint density at radius 2 is 2.17 bits per heavy atom. The van der Waals surface area contributed by atoms with Crippen LogP contribution in [0.2, 0.25) is 0 Å². The van der Waals surface area contributed by atoms with Gasteiger partial charge in [-0.2, -0.15) is 13.2 Å². The van der Waals surface area contributed by atoms with E-state index in [1.54, 1.807) is 0 Å². The Hall–Kier alpha value is -0.780. The van der Waals surface area contributed by atoms with E-state index < -0.39 is 12.6 Å². The molecule has 1 N–H and O–H groups in total. The topological polar surface area (TPSA) is 32.3 Å². The van der Waals surface area contributed by atoms with Gasteiger partial charge in [-0.25, -0.2) is 0 Å². The number of amides is 1. The number of carbonyl (C=O) groups is 1. The molecule has 1 saturated heterocycles. The largest absolute Gasteiger partial charge is 0.390 e. The van der Waals surface area contributed by atoms with Crippen LogP contribution in [0.15, 0.2) is 0 Å². The summed E-state index contributed by atoms with van der Waals surface area (Å²) in [6, 6.07) is 0. The number of hydrogen-bond acceptors (Lipinski definition) is 2. The summed E-state index contributed by atoms with van der Waals surface area (Å²) in [5.74, 6) is 0.295. The number of nitrogens with one attached hydrogen (secondary N) is 1. The van der Waals surface area contributed by atoms with Gasteiger partial charge in [-0.1, -0.05) is 0 Å². The Bertz CT molecular complexity index is 263. The molecule has 0 aromatic rings. The first-order chi connectivity index (χ1) is 8.38. The molecular formula is C12H21F3N2O. The Morgan fingerprint density at radius 3 is 2.72 bits per heavy atom. The van der Waals surface area contributed by atoms with Crippen LogP contribution in [-0.2, 0) is 4.79 Å². The summed E-state index contributed by atoms with van der Waals surface area (Å²) in [5.41, 5.74) is 0. The number of nitrogens with zero attached hydrogens (tertiary/aromatic N) is 1. The van der Waals surface area contributed by atoms with Gasteiger partial charge in [0.05, 0.1) is 6.42 Å². The maximum Gasteiger partial charge on any atom is 0.390 e. The number of halogens is 3. The van der Waals surface area contributed by atoms with Gasteiger partial charge in [0.15, 0.2) is 0 Å². The average Bonchev–Trinajstić information content (AvgIpc) is 2.33. The second-order valence-corrected chi connectivity index (χ2v) is 4.93. The van der Waals surface area contributed by atoms with Crippen LogP contribution < -0.4 is 5.32 Å². The van der Waals surface area contributed by atoms with Gasteiger partial charge in [-0.05, 0) is 38.3 Å². The molecule has 1 rings (SSSR count). The summed E-state index contributed by atoms with van der Waals surface area (Å²) in [6.07, 6.45) is -1.79. The molecule has 0 saturated carbocycles. The molecule has 1 aliphatic rings. The van der Waals surface area contributed by atoms with Crippen molar-refractivity contribution < 1.29 is 18.0 Å². The molecule has 0 aromatic carbocycles. The minimum Gasteiger partial charge on any atom is -0.345 e. The van der Waals surface area contributed by atoms with Crippen LogP contribution in [0.1, 0.15) is 32.1 Å². The van der Waals surface area contributed by atoms with Gasteiger partial charge in [0.2, 0.25) is 5.91 Å². The van der Waals surface area contributed by atoms with E-state index in [1.807, 2.05) is 0 Å². The molecule has 0 bridgehead atoms. The van der Waals surface area contributed by atoms with Crippen molar-refractivity contribution in [2.75, 3.05) is 26.7 Å². The summed E-state index contributed by atoms with van der Waals surface area (Å²) in [6.45, 7) is 1.70. The Morgan fingerprint density at radius 1 is 1.44 bits per heavy atom. The first-order valence-electron chi connectivity index (χ1n) is 6.40. The van der Waals surface area contributed by atoms with Crippen LogP contribution in [0.3, 0.4) is 0 Å². The van der Waals surface area contributed by atoms with Gasteiger partial charge in [0.1, 0.15) is 0 Å². The van der Waals surface area contributed by atoms with Crippen LogP contribution in [-0.4, -0.2) is 43.7 Å². The third kappa shape index (κ3) is 6.23. The molecular weight excluding hydrogens is 245 g/mol. The number of carbonyl (C=O) groups excluding carboxylic acids is 1. The second kappa shape index (κ2) is 6.97. The highest BCUT2D eigenvalue weighted by Crippen LogP contribution is 2.20. The van der Waals surface area contributed by atoms with Gasteiger partial charge in [-0.15, -0.1) is 0 Å². The van der Waals surface area contributed by atoms with Crippen molar-refractivity contribution in [2.24, 2.45) is 5.92 Å². The minimum absolute atomic E-state index is 0.190. The number of alkyl halides is 3. The van der Waals surface area contributed by atoms with E-state index in [4.69, 9.17) is 0 Å². The smallest absolute Gasteiger partial charge is 0.345 e. The lowest BCUT2D eigenvalue weighted by atomic mass is 9.94. The Labute approximate surface area is 106 Å². The summed E-state index contributed by atoms with van der Waals surface area (Å²) in [4.78, 5) is 12.8. The average molecular weight is 266 g/mol. The third-order valence-corrected chi connectivity index (χ3v) is 3.32. The van der Waals surface area contributed by atoms with Crippen molar-refractivity contribution >= 4 is 5.91 Å². The summed E-state index contributed by atoms with van der Waals surface area (Å²) in [5, 5.41) is 3.26. The van der Waals surface area contributed by atoms with E-state index in [2.05, 4.69) is 5.32 Å². The van der Waals surface area contributed by atoms with Crippen molar-refractivity contribution in [2.45, 2.75) is 38.3 Å². The highest BCUT2D eigenvalue weighted by atomic mass is 19.4. The van der Waals surface area contributed by atoms with E-state index >= 15 is 0 Å². The lowest BCUT2D eigenvalue weighted by Crippen LogP contribution is -2.33. The standard InChI is InChI=1S/C12H21F3N2O/c1-17(8-6-12(13,14)15)11(18)5-4-10-3-2-7-16-9-10/h10,16H,2-9H2,1H3. The predicted octanol–water partition coefficient (Wildman–Crippen LogP) is 2.18. The molecule has 0 aromatic heterocycles. The molecule has 6 heteroatoms. The fourth-order valence-electron chi connectivity index (χ4n) is 2.11. The molecule has 1 unspecified atom stereocenters. The van der Waals surface area contributed by atoms with Crippen LogP contribution in [0.25, 0.3) is 0 Å².